The molecule has 0 fully saturated rings. The van der Waals surface area contributed by atoms with E-state index in [1.54, 1.807) is 47.5 Å². The first-order valence-electron chi connectivity index (χ1n) is 8.11. The van der Waals surface area contributed by atoms with Gasteiger partial charge in [-0.15, -0.1) is 11.3 Å². The van der Waals surface area contributed by atoms with Gasteiger partial charge in [-0.1, -0.05) is 35.9 Å². The highest BCUT2D eigenvalue weighted by Crippen LogP contribution is 2.28. The van der Waals surface area contributed by atoms with E-state index < -0.39 is 0 Å². The highest BCUT2D eigenvalue weighted by atomic mass is 35.5. The normalized spacial score (nSPS) is 12.0. The van der Waals surface area contributed by atoms with E-state index >= 15 is 0 Å². The van der Waals surface area contributed by atoms with Crippen LogP contribution in [-0.2, 0) is 4.79 Å². The molecule has 3 rings (SSSR count). The Labute approximate surface area is 160 Å². The lowest BCUT2D eigenvalue weighted by Crippen LogP contribution is -2.39. The monoisotopic (exact) mass is 387 g/mol. The molecule has 0 aliphatic rings. The molecule has 0 saturated carbocycles. The number of thiazole rings is 1. The van der Waals surface area contributed by atoms with Crippen molar-refractivity contribution in [1.82, 2.24) is 15.2 Å². The molecule has 0 bridgehead atoms. The topological polar surface area (TPSA) is 62.3 Å². The first kappa shape index (κ1) is 18.4. The third kappa shape index (κ3) is 3.86. The van der Waals surface area contributed by atoms with E-state index in [-0.39, 0.29) is 24.4 Å². The Balaban J connectivity index is 1.63. The average molecular weight is 388 g/mol. The minimum absolute atomic E-state index is 0.101. The lowest BCUT2D eigenvalue weighted by molar-refractivity contribution is -0.130. The second-order valence-corrected chi connectivity index (χ2v) is 7.33. The molecule has 2 aromatic carbocycles. The summed E-state index contributed by atoms with van der Waals surface area (Å²) >= 11 is 7.57. The Hall–Kier alpha value is -2.44. The minimum atomic E-state index is -0.370. The lowest BCUT2D eigenvalue weighted by atomic mass is 10.2. The van der Waals surface area contributed by atoms with Gasteiger partial charge in [0.05, 0.1) is 33.4 Å². The number of nitrogens with zero attached hydrogens (tertiary/aromatic N) is 2. The average Bonchev–Trinajstić information content (AvgIpc) is 3.09. The van der Waals surface area contributed by atoms with Crippen molar-refractivity contribution in [3.05, 3.63) is 64.1 Å². The first-order valence-corrected chi connectivity index (χ1v) is 9.30. The van der Waals surface area contributed by atoms with Gasteiger partial charge in [0.15, 0.2) is 0 Å². The van der Waals surface area contributed by atoms with E-state index in [1.165, 1.54) is 0 Å². The Morgan fingerprint density at radius 1 is 1.19 bits per heavy atom. The van der Waals surface area contributed by atoms with Crippen LogP contribution in [0, 0.1) is 0 Å². The van der Waals surface area contributed by atoms with Crippen LogP contribution >= 0.6 is 22.9 Å². The van der Waals surface area contributed by atoms with Gasteiger partial charge in [-0.05, 0) is 31.2 Å². The van der Waals surface area contributed by atoms with Crippen molar-refractivity contribution >= 4 is 45.0 Å². The number of carbonyl (C=O) groups is 2. The van der Waals surface area contributed by atoms with Crippen molar-refractivity contribution in [2.24, 2.45) is 0 Å². The molecule has 1 atom stereocenters. The zero-order valence-electron chi connectivity index (χ0n) is 14.4. The van der Waals surface area contributed by atoms with Crippen molar-refractivity contribution < 1.29 is 9.59 Å². The molecule has 1 N–H and O–H groups in total. The van der Waals surface area contributed by atoms with Gasteiger partial charge in [0.2, 0.25) is 5.91 Å². The van der Waals surface area contributed by atoms with Gasteiger partial charge in [-0.25, -0.2) is 4.98 Å². The molecular weight excluding hydrogens is 370 g/mol. The van der Waals surface area contributed by atoms with Crippen molar-refractivity contribution in [1.29, 1.82) is 0 Å². The first-order chi connectivity index (χ1) is 12.5. The molecule has 0 aliphatic carbocycles. The fraction of sp³-hybridized carbons (Fsp3) is 0.211. The highest BCUT2D eigenvalue weighted by Gasteiger charge is 2.21. The van der Waals surface area contributed by atoms with Crippen molar-refractivity contribution in [3.63, 3.8) is 0 Å². The number of hydrogen-bond donors (Lipinski definition) is 1. The summed E-state index contributed by atoms with van der Waals surface area (Å²) in [5.74, 6) is -0.567. The molecule has 5 nitrogen and oxygen atoms in total. The number of likely N-dealkylation sites (N-methyl/N-ethyl adjacent to an activating group) is 1. The summed E-state index contributed by atoms with van der Waals surface area (Å²) in [4.78, 5) is 30.8. The molecule has 134 valence electrons. The molecule has 2 amide bonds. The van der Waals surface area contributed by atoms with Crippen molar-refractivity contribution in [3.8, 4) is 0 Å². The lowest BCUT2D eigenvalue weighted by Gasteiger charge is -2.23. The molecule has 0 spiro atoms. The number of fused-ring (bicyclic) bond motifs is 1. The molecule has 1 heterocycles. The van der Waals surface area contributed by atoms with Crippen LogP contribution in [0.2, 0.25) is 5.02 Å². The maximum Gasteiger partial charge on any atom is 0.253 e. The number of amides is 2. The highest BCUT2D eigenvalue weighted by molar-refractivity contribution is 7.18. The molecule has 0 saturated heterocycles. The van der Waals surface area contributed by atoms with Crippen LogP contribution in [0.15, 0.2) is 48.5 Å². The summed E-state index contributed by atoms with van der Waals surface area (Å²) in [7, 11) is 1.71. The van der Waals surface area contributed by atoms with E-state index in [0.29, 0.717) is 10.6 Å². The van der Waals surface area contributed by atoms with Gasteiger partial charge in [0.25, 0.3) is 5.91 Å². The van der Waals surface area contributed by atoms with Gasteiger partial charge in [-0.3, -0.25) is 9.59 Å². The Kier molecular flexibility index (Phi) is 5.54. The molecule has 0 aliphatic heterocycles. The predicted octanol–water partition coefficient (Wildman–Crippen LogP) is 3.90. The third-order valence-electron chi connectivity index (χ3n) is 4.16. The molecule has 0 unspecified atom stereocenters. The minimum Gasteiger partial charge on any atom is -0.343 e. The summed E-state index contributed by atoms with van der Waals surface area (Å²) in [5, 5.41) is 3.84. The number of nitrogens with one attached hydrogen (secondary N) is 1. The standard InChI is InChI=1S/C19H18ClN3O2S/c1-12(19-22-15-9-5-6-10-16(15)26-19)23(2)17(24)11-21-18(25)13-7-3-4-8-14(13)20/h3-10,12H,11H2,1-2H3,(H,21,25)/t12-/m0/s1. The molecule has 3 aromatic rings. The largest absolute Gasteiger partial charge is 0.343 e. The Bertz CT molecular complexity index is 924. The zero-order chi connectivity index (χ0) is 18.7. The van der Waals surface area contributed by atoms with Gasteiger partial charge < -0.3 is 10.2 Å². The number of carbonyl (C=O) groups excluding carboxylic acids is 2. The number of aromatic nitrogens is 1. The van der Waals surface area contributed by atoms with Gasteiger partial charge in [0, 0.05) is 7.05 Å². The summed E-state index contributed by atoms with van der Waals surface area (Å²) < 4.78 is 1.09. The number of halogens is 1. The Morgan fingerprint density at radius 3 is 2.62 bits per heavy atom. The van der Waals surface area contributed by atoms with Crippen LogP contribution in [0.4, 0.5) is 0 Å². The van der Waals surface area contributed by atoms with E-state index in [0.717, 1.165) is 15.2 Å². The quantitative estimate of drug-likeness (QED) is 0.722. The van der Waals surface area contributed by atoms with Crippen molar-refractivity contribution in [2.75, 3.05) is 13.6 Å². The smallest absolute Gasteiger partial charge is 0.253 e. The van der Waals surface area contributed by atoms with Crippen LogP contribution in [0.25, 0.3) is 10.2 Å². The molecule has 26 heavy (non-hydrogen) atoms. The van der Waals surface area contributed by atoms with E-state index in [9.17, 15) is 9.59 Å². The van der Waals surface area contributed by atoms with Crippen LogP contribution < -0.4 is 5.32 Å². The SMILES string of the molecule is C[C@@H](c1nc2ccccc2s1)N(C)C(=O)CNC(=O)c1ccccc1Cl. The number of hydrogen-bond acceptors (Lipinski definition) is 4. The van der Waals surface area contributed by atoms with E-state index in [1.807, 2.05) is 31.2 Å². The van der Waals surface area contributed by atoms with Gasteiger partial charge >= 0.3 is 0 Å². The summed E-state index contributed by atoms with van der Waals surface area (Å²) in [6.45, 7) is 1.82. The molecule has 7 heteroatoms. The van der Waals surface area contributed by atoms with Gasteiger partial charge in [-0.2, -0.15) is 0 Å². The summed E-state index contributed by atoms with van der Waals surface area (Å²) in [6.07, 6.45) is 0. The predicted molar refractivity (Wildman–Crippen MR) is 105 cm³/mol. The van der Waals surface area contributed by atoms with Crippen LogP contribution in [0.5, 0.6) is 0 Å². The molecule has 1 aromatic heterocycles. The maximum atomic E-state index is 12.4. The van der Waals surface area contributed by atoms with Crippen LogP contribution in [-0.4, -0.2) is 35.3 Å². The molecular formula is C19H18ClN3O2S. The van der Waals surface area contributed by atoms with Crippen LogP contribution in [0.3, 0.4) is 0 Å². The maximum absolute atomic E-state index is 12.4. The number of benzene rings is 2. The fourth-order valence-corrected chi connectivity index (χ4v) is 3.76. The summed E-state index contributed by atoms with van der Waals surface area (Å²) in [6, 6.07) is 14.4. The van der Waals surface area contributed by atoms with E-state index in [2.05, 4.69) is 10.3 Å². The number of para-hydroxylation sites is 1. The zero-order valence-corrected chi connectivity index (χ0v) is 16.0. The Morgan fingerprint density at radius 2 is 1.88 bits per heavy atom. The van der Waals surface area contributed by atoms with Crippen molar-refractivity contribution in [2.45, 2.75) is 13.0 Å². The number of rotatable bonds is 5. The molecule has 0 radical (unpaired) electrons. The second kappa shape index (κ2) is 7.85. The van der Waals surface area contributed by atoms with Gasteiger partial charge in [0.1, 0.15) is 5.01 Å². The third-order valence-corrected chi connectivity index (χ3v) is 5.70. The van der Waals surface area contributed by atoms with Crippen LogP contribution in [0.1, 0.15) is 28.3 Å². The van der Waals surface area contributed by atoms with E-state index in [4.69, 9.17) is 11.6 Å². The fourth-order valence-electron chi connectivity index (χ4n) is 2.47. The summed E-state index contributed by atoms with van der Waals surface area (Å²) in [5.41, 5.74) is 1.27. The second-order valence-electron chi connectivity index (χ2n) is 5.86.